The monoisotopic (exact) mass is 507 g/mol. The molecule has 0 heterocycles. The van der Waals surface area contributed by atoms with Crippen molar-refractivity contribution in [2.45, 2.75) is 13.5 Å². The van der Waals surface area contributed by atoms with E-state index in [-0.39, 0.29) is 41.9 Å². The predicted octanol–water partition coefficient (Wildman–Crippen LogP) is 5.12. The molecule has 0 spiro atoms. The van der Waals surface area contributed by atoms with Gasteiger partial charge in [0, 0.05) is 12.2 Å². The zero-order valence-corrected chi connectivity index (χ0v) is 20.1. The minimum absolute atomic E-state index is 0.114. The summed E-state index contributed by atoms with van der Waals surface area (Å²) in [5.74, 6) is -1.05. The fraction of sp³-hybridized carbons (Fsp3) is 0.148. The Balaban J connectivity index is 1.72. The number of carbonyl (C=O) groups excluding carboxylic acids is 2. The molecule has 0 radical (unpaired) electrons. The largest absolute Gasteiger partial charge is 0.490 e. The average Bonchev–Trinajstić information content (AvgIpc) is 2.87. The average molecular weight is 508 g/mol. The molecule has 0 aliphatic rings. The zero-order chi connectivity index (χ0) is 25.9. The molecule has 0 saturated heterocycles. The summed E-state index contributed by atoms with van der Waals surface area (Å²) in [5.41, 5.74) is 1.64. The van der Waals surface area contributed by atoms with Gasteiger partial charge in [0.25, 0.3) is 11.8 Å². The van der Waals surface area contributed by atoms with Crippen LogP contribution in [0.25, 0.3) is 6.08 Å². The molecular formula is C27H23ClFN3O4. The lowest BCUT2D eigenvalue weighted by Crippen LogP contribution is -2.23. The van der Waals surface area contributed by atoms with Crippen molar-refractivity contribution >= 4 is 35.2 Å². The van der Waals surface area contributed by atoms with Crippen molar-refractivity contribution in [1.29, 1.82) is 5.26 Å². The Morgan fingerprint density at radius 3 is 2.47 bits per heavy atom. The van der Waals surface area contributed by atoms with Crippen LogP contribution in [0, 0.1) is 17.1 Å². The van der Waals surface area contributed by atoms with E-state index in [4.69, 9.17) is 21.1 Å². The summed E-state index contributed by atoms with van der Waals surface area (Å²) < 4.78 is 24.2. The van der Waals surface area contributed by atoms with E-state index in [1.807, 2.05) is 36.4 Å². The minimum atomic E-state index is -0.534. The maximum absolute atomic E-state index is 13.0. The van der Waals surface area contributed by atoms with Crippen LogP contribution >= 0.6 is 11.6 Å². The van der Waals surface area contributed by atoms with Gasteiger partial charge in [-0.1, -0.05) is 41.9 Å². The van der Waals surface area contributed by atoms with E-state index < -0.39 is 17.6 Å². The standard InChI is InChI=1S/C27H23ClFN3O4/c1-2-35-24-14-19(12-20(15-30)27(34)31-16-18-6-4-3-5-7-18)13-23(28)26(24)36-17-25(33)32-22-10-8-21(29)9-11-22/h3-14H,2,16-17H2,1H3,(H,31,34)(H,32,33)/b20-12+. The van der Waals surface area contributed by atoms with Crippen LogP contribution in [0.3, 0.4) is 0 Å². The first-order valence-corrected chi connectivity index (χ1v) is 11.4. The van der Waals surface area contributed by atoms with E-state index >= 15 is 0 Å². The smallest absolute Gasteiger partial charge is 0.262 e. The number of ether oxygens (including phenoxy) is 2. The van der Waals surface area contributed by atoms with Gasteiger partial charge < -0.3 is 20.1 Å². The molecule has 0 aliphatic heterocycles. The van der Waals surface area contributed by atoms with Crippen molar-refractivity contribution in [1.82, 2.24) is 5.32 Å². The van der Waals surface area contributed by atoms with Crippen LogP contribution in [0.1, 0.15) is 18.1 Å². The van der Waals surface area contributed by atoms with Crippen molar-refractivity contribution < 1.29 is 23.5 Å². The normalized spacial score (nSPS) is 10.8. The summed E-state index contributed by atoms with van der Waals surface area (Å²) in [4.78, 5) is 24.7. The summed E-state index contributed by atoms with van der Waals surface area (Å²) in [6.07, 6.45) is 1.39. The predicted molar refractivity (Wildman–Crippen MR) is 135 cm³/mol. The Kier molecular flexibility index (Phi) is 9.43. The molecule has 2 N–H and O–H groups in total. The van der Waals surface area contributed by atoms with Crippen LogP contribution in [0.5, 0.6) is 11.5 Å². The summed E-state index contributed by atoms with van der Waals surface area (Å²) in [7, 11) is 0. The number of amides is 2. The van der Waals surface area contributed by atoms with Crippen molar-refractivity contribution in [3.05, 3.63) is 94.3 Å². The molecule has 0 unspecified atom stereocenters. The third-order valence-electron chi connectivity index (χ3n) is 4.78. The molecule has 0 aromatic heterocycles. The number of anilines is 1. The van der Waals surface area contributed by atoms with E-state index in [9.17, 15) is 19.2 Å². The van der Waals surface area contributed by atoms with Gasteiger partial charge in [-0.15, -0.1) is 0 Å². The molecule has 3 rings (SSSR count). The Morgan fingerprint density at radius 2 is 1.81 bits per heavy atom. The van der Waals surface area contributed by atoms with Crippen molar-refractivity contribution in [3.63, 3.8) is 0 Å². The van der Waals surface area contributed by atoms with Crippen molar-refractivity contribution in [2.75, 3.05) is 18.5 Å². The number of carbonyl (C=O) groups is 2. The van der Waals surface area contributed by atoms with Crippen LogP contribution in [0.2, 0.25) is 5.02 Å². The van der Waals surface area contributed by atoms with Crippen molar-refractivity contribution in [2.24, 2.45) is 0 Å². The highest BCUT2D eigenvalue weighted by Gasteiger charge is 2.16. The maximum Gasteiger partial charge on any atom is 0.262 e. The zero-order valence-electron chi connectivity index (χ0n) is 19.4. The Bertz CT molecular complexity index is 1290. The van der Waals surface area contributed by atoms with Crippen LogP contribution < -0.4 is 20.1 Å². The summed E-state index contributed by atoms with van der Waals surface area (Å²) in [6.45, 7) is 1.94. The van der Waals surface area contributed by atoms with Gasteiger partial charge in [0.05, 0.1) is 11.6 Å². The van der Waals surface area contributed by atoms with Crippen LogP contribution in [0.4, 0.5) is 10.1 Å². The van der Waals surface area contributed by atoms with Gasteiger partial charge in [-0.25, -0.2) is 4.39 Å². The molecule has 0 atom stereocenters. The van der Waals surface area contributed by atoms with E-state index in [0.29, 0.717) is 11.3 Å². The lowest BCUT2D eigenvalue weighted by Gasteiger charge is -2.14. The second-order valence-electron chi connectivity index (χ2n) is 7.44. The van der Waals surface area contributed by atoms with E-state index in [1.54, 1.807) is 13.0 Å². The summed E-state index contributed by atoms with van der Waals surface area (Å²) in [5, 5.41) is 14.9. The van der Waals surface area contributed by atoms with Gasteiger partial charge in [0.15, 0.2) is 18.1 Å². The molecule has 2 amide bonds. The number of hydrogen-bond donors (Lipinski definition) is 2. The Labute approximate surface area is 213 Å². The second-order valence-corrected chi connectivity index (χ2v) is 7.85. The van der Waals surface area contributed by atoms with Crippen LogP contribution in [-0.2, 0) is 16.1 Å². The Morgan fingerprint density at radius 1 is 1.08 bits per heavy atom. The molecule has 0 fully saturated rings. The molecule has 0 aliphatic carbocycles. The molecule has 184 valence electrons. The molecule has 3 aromatic rings. The van der Waals surface area contributed by atoms with Gasteiger partial charge in [0.2, 0.25) is 0 Å². The second kappa shape index (κ2) is 12.9. The quantitative estimate of drug-likeness (QED) is 0.293. The number of nitriles is 1. The van der Waals surface area contributed by atoms with Crippen LogP contribution in [-0.4, -0.2) is 25.0 Å². The fourth-order valence-corrected chi connectivity index (χ4v) is 3.40. The van der Waals surface area contributed by atoms with Gasteiger partial charge in [-0.2, -0.15) is 5.26 Å². The van der Waals surface area contributed by atoms with Gasteiger partial charge in [-0.05, 0) is 60.5 Å². The molecule has 0 bridgehead atoms. The van der Waals surface area contributed by atoms with Crippen molar-refractivity contribution in [3.8, 4) is 17.6 Å². The third-order valence-corrected chi connectivity index (χ3v) is 5.06. The molecule has 3 aromatic carbocycles. The highest BCUT2D eigenvalue weighted by atomic mass is 35.5. The molecule has 9 heteroatoms. The Hall–Kier alpha value is -4.35. The lowest BCUT2D eigenvalue weighted by atomic mass is 10.1. The SMILES string of the molecule is CCOc1cc(/C=C(\C#N)C(=O)NCc2ccccc2)cc(Cl)c1OCC(=O)Nc1ccc(F)cc1. The number of halogens is 2. The fourth-order valence-electron chi connectivity index (χ4n) is 3.13. The highest BCUT2D eigenvalue weighted by molar-refractivity contribution is 6.32. The highest BCUT2D eigenvalue weighted by Crippen LogP contribution is 2.37. The van der Waals surface area contributed by atoms with Crippen LogP contribution in [0.15, 0.2) is 72.3 Å². The van der Waals surface area contributed by atoms with E-state index in [1.165, 1.54) is 36.4 Å². The first-order valence-electron chi connectivity index (χ1n) is 11.0. The first-order chi connectivity index (χ1) is 17.4. The topological polar surface area (TPSA) is 100 Å². The maximum atomic E-state index is 13.0. The number of rotatable bonds is 10. The first kappa shape index (κ1) is 26.3. The summed E-state index contributed by atoms with van der Waals surface area (Å²) >= 11 is 6.39. The van der Waals surface area contributed by atoms with Gasteiger partial charge in [0.1, 0.15) is 17.5 Å². The summed E-state index contributed by atoms with van der Waals surface area (Å²) in [6, 6.07) is 19.6. The van der Waals surface area contributed by atoms with E-state index in [0.717, 1.165) is 5.56 Å². The molecule has 36 heavy (non-hydrogen) atoms. The number of nitrogens with one attached hydrogen (secondary N) is 2. The lowest BCUT2D eigenvalue weighted by molar-refractivity contribution is -0.118. The minimum Gasteiger partial charge on any atom is -0.490 e. The number of nitrogens with zero attached hydrogens (tertiary/aromatic N) is 1. The number of benzene rings is 3. The third kappa shape index (κ3) is 7.58. The molecule has 0 saturated carbocycles. The van der Waals surface area contributed by atoms with Gasteiger partial charge in [-0.3, -0.25) is 9.59 Å². The molecule has 7 nitrogen and oxygen atoms in total. The van der Waals surface area contributed by atoms with E-state index in [2.05, 4.69) is 10.6 Å². The van der Waals surface area contributed by atoms with Gasteiger partial charge >= 0.3 is 0 Å². The molecular weight excluding hydrogens is 485 g/mol. The number of hydrogen-bond acceptors (Lipinski definition) is 5.